The van der Waals surface area contributed by atoms with Crippen molar-refractivity contribution < 1.29 is 27.4 Å². The van der Waals surface area contributed by atoms with Gasteiger partial charge in [0.25, 0.3) is 10.0 Å². The Morgan fingerprint density at radius 3 is 2.75 bits per heavy atom. The summed E-state index contributed by atoms with van der Waals surface area (Å²) in [4.78, 5) is 15.8. The van der Waals surface area contributed by atoms with Gasteiger partial charge in [-0.25, -0.2) is 17.6 Å². The molecule has 1 atom stereocenters. The molecular formula is C26H32FN3O5S. The topological polar surface area (TPSA) is 99.2 Å². The molecule has 0 aliphatic carbocycles. The Kier molecular flexibility index (Phi) is 7.85. The molecule has 2 aliphatic rings. The lowest BCUT2D eigenvalue weighted by atomic mass is 9.95. The number of fused-ring (bicyclic) bond motifs is 3. The first-order valence-electron chi connectivity index (χ1n) is 12.3. The molecular weight excluding hydrogens is 485 g/mol. The van der Waals surface area contributed by atoms with E-state index in [-0.39, 0.29) is 21.9 Å². The molecule has 1 saturated heterocycles. The van der Waals surface area contributed by atoms with Crippen LogP contribution >= 0.6 is 0 Å². The van der Waals surface area contributed by atoms with E-state index >= 15 is 0 Å². The Bertz CT molecular complexity index is 1260. The molecule has 2 aromatic rings. The average molecular weight is 518 g/mol. The molecule has 2 aliphatic heterocycles. The maximum atomic E-state index is 14.0. The second-order valence-corrected chi connectivity index (χ2v) is 10.7. The average Bonchev–Trinajstić information content (AvgIpc) is 3.32. The maximum Gasteiger partial charge on any atom is 0.511 e. The van der Waals surface area contributed by atoms with Crippen LogP contribution in [-0.4, -0.2) is 56.8 Å². The number of sulfonamides is 1. The van der Waals surface area contributed by atoms with Gasteiger partial charge in [0.2, 0.25) is 0 Å². The van der Waals surface area contributed by atoms with E-state index in [2.05, 4.69) is 14.5 Å². The molecule has 0 spiro atoms. The lowest BCUT2D eigenvalue weighted by Gasteiger charge is -2.34. The number of nitrogens with zero attached hydrogens (tertiary/aromatic N) is 2. The van der Waals surface area contributed by atoms with Crippen LogP contribution in [0.1, 0.15) is 44.2 Å². The summed E-state index contributed by atoms with van der Waals surface area (Å²) in [5.74, 6) is -0.560. The molecule has 10 heteroatoms. The van der Waals surface area contributed by atoms with Gasteiger partial charge in [0, 0.05) is 30.4 Å². The van der Waals surface area contributed by atoms with Crippen molar-refractivity contribution in [2.75, 3.05) is 35.8 Å². The lowest BCUT2D eigenvalue weighted by Crippen LogP contribution is -2.34. The highest BCUT2D eigenvalue weighted by Crippen LogP contribution is 2.44. The van der Waals surface area contributed by atoms with Crippen LogP contribution in [0.15, 0.2) is 41.3 Å². The molecule has 0 saturated carbocycles. The summed E-state index contributed by atoms with van der Waals surface area (Å²) in [7, 11) is -4.19. The fraction of sp³-hybridized carbons (Fsp3) is 0.423. The monoisotopic (exact) mass is 517 g/mol. The highest BCUT2D eigenvalue weighted by atomic mass is 32.2. The summed E-state index contributed by atoms with van der Waals surface area (Å²) < 4.78 is 48.5. The molecule has 2 aromatic carbocycles. The van der Waals surface area contributed by atoms with E-state index in [9.17, 15) is 22.7 Å². The van der Waals surface area contributed by atoms with Gasteiger partial charge in [-0.15, -0.1) is 0 Å². The number of anilines is 2. The van der Waals surface area contributed by atoms with Crippen LogP contribution in [0.4, 0.5) is 20.6 Å². The first-order valence-corrected chi connectivity index (χ1v) is 13.8. The highest BCUT2D eigenvalue weighted by molar-refractivity contribution is 7.92. The van der Waals surface area contributed by atoms with Crippen molar-refractivity contribution in [1.82, 2.24) is 4.90 Å². The zero-order chi connectivity index (χ0) is 25.9. The van der Waals surface area contributed by atoms with Crippen LogP contribution < -0.4 is 14.4 Å². The smallest absolute Gasteiger partial charge is 0.449 e. The molecule has 0 radical (unpaired) electrons. The predicted molar refractivity (Wildman–Crippen MR) is 138 cm³/mol. The standard InChI is InChI=1S/C26H32FN3O5S/c1-3-29(4-2)15-5-7-18-17-19(27)9-14-24(18)36(33,34)28-22-12-13-23-21(25(22)35-26(31)32)11-10-20-8-6-16-30(20)23/h5,7,9,12-14,17,20,28H,3-4,6,8,10-11,15-16H2,1-2H3,(H,31,32)/b7-5-. The molecule has 1 unspecified atom stereocenters. The number of ether oxygens (including phenoxy) is 1. The van der Waals surface area contributed by atoms with Gasteiger partial charge in [0.05, 0.1) is 10.6 Å². The fourth-order valence-electron chi connectivity index (χ4n) is 5.08. The van der Waals surface area contributed by atoms with E-state index in [1.54, 1.807) is 12.2 Å². The Labute approximate surface area is 211 Å². The van der Waals surface area contributed by atoms with E-state index in [1.807, 2.05) is 19.9 Å². The van der Waals surface area contributed by atoms with Gasteiger partial charge in [-0.05, 0) is 74.7 Å². The molecule has 0 bridgehead atoms. The number of benzene rings is 2. The first kappa shape index (κ1) is 26.0. The quantitative estimate of drug-likeness (QED) is 0.359. The van der Waals surface area contributed by atoms with Crippen molar-refractivity contribution in [2.24, 2.45) is 0 Å². The molecule has 2 heterocycles. The van der Waals surface area contributed by atoms with Gasteiger partial charge in [-0.1, -0.05) is 26.0 Å². The molecule has 2 N–H and O–H groups in total. The third-order valence-corrected chi connectivity index (χ3v) is 8.34. The number of carboxylic acid groups (broad SMARTS) is 1. The third kappa shape index (κ3) is 5.49. The Hall–Kier alpha value is -3.11. The summed E-state index contributed by atoms with van der Waals surface area (Å²) in [6, 6.07) is 7.22. The normalized spacial score (nSPS) is 17.3. The van der Waals surface area contributed by atoms with Gasteiger partial charge in [0.1, 0.15) is 5.82 Å². The molecule has 4 rings (SSSR count). The van der Waals surface area contributed by atoms with Gasteiger partial charge in [-0.3, -0.25) is 4.72 Å². The SMILES string of the molecule is CCN(CC)C/C=C\c1cc(F)ccc1S(=O)(=O)Nc1ccc2c(c1OC(=O)O)CCC1CCCN21. The summed E-state index contributed by atoms with van der Waals surface area (Å²) in [5.41, 5.74) is 1.79. The summed E-state index contributed by atoms with van der Waals surface area (Å²) >= 11 is 0. The second-order valence-electron chi connectivity index (χ2n) is 9.01. The minimum Gasteiger partial charge on any atom is -0.449 e. The first-order chi connectivity index (χ1) is 17.2. The minimum atomic E-state index is -4.19. The Morgan fingerprint density at radius 1 is 1.25 bits per heavy atom. The third-order valence-electron chi connectivity index (χ3n) is 6.90. The number of halogens is 1. The van der Waals surface area contributed by atoms with Crippen LogP contribution in [-0.2, 0) is 16.4 Å². The van der Waals surface area contributed by atoms with Crippen LogP contribution in [0, 0.1) is 5.82 Å². The van der Waals surface area contributed by atoms with Crippen molar-refractivity contribution in [3.63, 3.8) is 0 Å². The van der Waals surface area contributed by atoms with Crippen molar-refractivity contribution in [3.05, 3.63) is 53.4 Å². The van der Waals surface area contributed by atoms with E-state index in [1.165, 1.54) is 18.2 Å². The second kappa shape index (κ2) is 10.9. The van der Waals surface area contributed by atoms with Crippen molar-refractivity contribution in [3.8, 4) is 5.75 Å². The zero-order valence-corrected chi connectivity index (χ0v) is 21.4. The van der Waals surface area contributed by atoms with Gasteiger partial charge in [0.15, 0.2) is 5.75 Å². The summed E-state index contributed by atoms with van der Waals surface area (Å²) in [6.45, 7) is 7.18. The van der Waals surface area contributed by atoms with E-state index in [0.29, 0.717) is 24.6 Å². The maximum absolute atomic E-state index is 14.0. The number of rotatable bonds is 9. The molecule has 0 amide bonds. The number of nitrogens with one attached hydrogen (secondary N) is 1. The number of hydrogen-bond donors (Lipinski definition) is 2. The zero-order valence-electron chi connectivity index (χ0n) is 20.5. The Morgan fingerprint density at radius 2 is 2.03 bits per heavy atom. The molecule has 1 fully saturated rings. The van der Waals surface area contributed by atoms with E-state index < -0.39 is 22.0 Å². The summed E-state index contributed by atoms with van der Waals surface area (Å²) in [5, 5.41) is 9.39. The lowest BCUT2D eigenvalue weighted by molar-refractivity contribution is 0.144. The highest BCUT2D eigenvalue weighted by Gasteiger charge is 2.34. The fourth-order valence-corrected chi connectivity index (χ4v) is 6.33. The number of carbonyl (C=O) groups is 1. The van der Waals surface area contributed by atoms with Crippen LogP contribution in [0.3, 0.4) is 0 Å². The molecule has 0 aromatic heterocycles. The molecule has 36 heavy (non-hydrogen) atoms. The van der Waals surface area contributed by atoms with Crippen molar-refractivity contribution in [1.29, 1.82) is 0 Å². The molecule has 194 valence electrons. The largest absolute Gasteiger partial charge is 0.511 e. The van der Waals surface area contributed by atoms with Gasteiger partial charge >= 0.3 is 6.16 Å². The van der Waals surface area contributed by atoms with Crippen molar-refractivity contribution >= 4 is 33.6 Å². The Balaban J connectivity index is 1.69. The predicted octanol–water partition coefficient (Wildman–Crippen LogP) is 4.95. The van der Waals surface area contributed by atoms with E-state index in [4.69, 9.17) is 4.74 Å². The minimum absolute atomic E-state index is 0.00494. The van der Waals surface area contributed by atoms with Crippen LogP contribution in [0.5, 0.6) is 5.75 Å². The van der Waals surface area contributed by atoms with E-state index in [0.717, 1.165) is 50.7 Å². The van der Waals surface area contributed by atoms with Crippen LogP contribution in [0.25, 0.3) is 6.08 Å². The van der Waals surface area contributed by atoms with Gasteiger partial charge < -0.3 is 19.6 Å². The number of likely N-dealkylation sites (N-methyl/N-ethyl adjacent to an activating group) is 1. The number of hydrogen-bond acceptors (Lipinski definition) is 6. The van der Waals surface area contributed by atoms with Gasteiger partial charge in [-0.2, -0.15) is 0 Å². The van der Waals surface area contributed by atoms with Crippen molar-refractivity contribution in [2.45, 2.75) is 50.5 Å². The van der Waals surface area contributed by atoms with Crippen LogP contribution in [0.2, 0.25) is 0 Å². The summed E-state index contributed by atoms with van der Waals surface area (Å²) in [6.07, 6.45) is 5.44. The molecule has 8 nitrogen and oxygen atoms in total.